The molecule has 0 bridgehead atoms. The number of thiophene rings is 1. The summed E-state index contributed by atoms with van der Waals surface area (Å²) in [6.07, 6.45) is 3.19. The monoisotopic (exact) mass is 369 g/mol. The fourth-order valence-electron chi connectivity index (χ4n) is 2.72. The van der Waals surface area contributed by atoms with Crippen LogP contribution in [0.15, 0.2) is 53.7 Å². The fraction of sp³-hybridized carbons (Fsp3) is 0.316. The van der Waals surface area contributed by atoms with E-state index >= 15 is 0 Å². The van der Waals surface area contributed by atoms with Crippen molar-refractivity contribution in [1.82, 2.24) is 24.6 Å². The summed E-state index contributed by atoms with van der Waals surface area (Å²) in [5, 5.41) is 8.24. The van der Waals surface area contributed by atoms with Crippen molar-refractivity contribution in [1.29, 1.82) is 0 Å². The summed E-state index contributed by atoms with van der Waals surface area (Å²) in [5.74, 6) is 0.116. The van der Waals surface area contributed by atoms with Gasteiger partial charge in [0.1, 0.15) is 12.7 Å². The molecule has 2 heterocycles. The number of likely N-dealkylation sites (N-methyl/N-ethyl adjacent to an activating group) is 2. The quantitative estimate of drug-likeness (QED) is 0.642. The van der Waals surface area contributed by atoms with E-state index in [1.54, 1.807) is 27.2 Å². The smallest absolute Gasteiger partial charge is 0.236 e. The first kappa shape index (κ1) is 18.3. The van der Waals surface area contributed by atoms with Crippen LogP contribution in [0.3, 0.4) is 0 Å². The first-order chi connectivity index (χ1) is 12.5. The van der Waals surface area contributed by atoms with Crippen LogP contribution in [0.4, 0.5) is 0 Å². The Balaban J connectivity index is 1.58. The van der Waals surface area contributed by atoms with Crippen LogP contribution in [-0.2, 0) is 11.3 Å². The zero-order valence-corrected chi connectivity index (χ0v) is 16.1. The summed E-state index contributed by atoms with van der Waals surface area (Å²) in [6.45, 7) is 3.14. The lowest BCUT2D eigenvalue weighted by molar-refractivity contribution is -0.131. The Bertz CT molecular complexity index is 814. The van der Waals surface area contributed by atoms with Crippen molar-refractivity contribution in [3.8, 4) is 5.69 Å². The molecule has 1 atom stereocenters. The molecule has 0 saturated carbocycles. The predicted octanol–water partition coefficient (Wildman–Crippen LogP) is 2.98. The van der Waals surface area contributed by atoms with Crippen LogP contribution in [0.1, 0.15) is 24.1 Å². The van der Waals surface area contributed by atoms with Crippen LogP contribution in [-0.4, -0.2) is 51.1 Å². The third kappa shape index (κ3) is 4.36. The van der Waals surface area contributed by atoms with E-state index in [9.17, 15) is 4.79 Å². The van der Waals surface area contributed by atoms with Gasteiger partial charge in [0, 0.05) is 19.6 Å². The second-order valence-corrected chi connectivity index (χ2v) is 7.18. The Labute approximate surface area is 157 Å². The SMILES string of the molecule is C[C@H](c1ccc(-n2cncn2)cc1)N(C)CC(=O)N(C)Cc1ccsc1. The molecule has 1 aromatic carbocycles. The van der Waals surface area contributed by atoms with E-state index in [1.165, 1.54) is 11.9 Å². The Morgan fingerprint density at radius 3 is 2.62 bits per heavy atom. The van der Waals surface area contributed by atoms with E-state index in [-0.39, 0.29) is 11.9 Å². The molecule has 0 saturated heterocycles. The van der Waals surface area contributed by atoms with E-state index < -0.39 is 0 Å². The molecule has 6 nitrogen and oxygen atoms in total. The van der Waals surface area contributed by atoms with Gasteiger partial charge in [-0.3, -0.25) is 9.69 Å². The zero-order chi connectivity index (χ0) is 18.5. The number of carbonyl (C=O) groups is 1. The van der Waals surface area contributed by atoms with Crippen molar-refractivity contribution in [2.24, 2.45) is 0 Å². The van der Waals surface area contributed by atoms with E-state index in [2.05, 4.69) is 45.5 Å². The summed E-state index contributed by atoms with van der Waals surface area (Å²) in [4.78, 5) is 20.3. The van der Waals surface area contributed by atoms with Crippen molar-refractivity contribution in [2.75, 3.05) is 20.6 Å². The molecule has 2 aromatic heterocycles. The third-order valence-electron chi connectivity index (χ3n) is 4.53. The molecule has 0 spiro atoms. The summed E-state index contributed by atoms with van der Waals surface area (Å²) in [6, 6.07) is 10.4. The molecule has 0 unspecified atom stereocenters. The molecular weight excluding hydrogens is 346 g/mol. The van der Waals surface area contributed by atoms with Crippen LogP contribution in [0, 0.1) is 0 Å². The lowest BCUT2D eigenvalue weighted by atomic mass is 10.1. The van der Waals surface area contributed by atoms with Crippen molar-refractivity contribution in [3.63, 3.8) is 0 Å². The van der Waals surface area contributed by atoms with Crippen molar-refractivity contribution in [2.45, 2.75) is 19.5 Å². The van der Waals surface area contributed by atoms with Crippen molar-refractivity contribution >= 4 is 17.2 Å². The van der Waals surface area contributed by atoms with Gasteiger partial charge in [-0.1, -0.05) is 12.1 Å². The maximum Gasteiger partial charge on any atom is 0.236 e. The molecule has 0 N–H and O–H groups in total. The molecule has 0 radical (unpaired) electrons. The first-order valence-electron chi connectivity index (χ1n) is 8.45. The molecular formula is C19H23N5OS. The van der Waals surface area contributed by atoms with Crippen LogP contribution in [0.25, 0.3) is 5.69 Å². The number of rotatable bonds is 7. The largest absolute Gasteiger partial charge is 0.340 e. The number of hydrogen-bond donors (Lipinski definition) is 0. The number of carbonyl (C=O) groups excluding carboxylic acids is 1. The van der Waals surface area contributed by atoms with E-state index in [0.717, 1.165) is 11.3 Å². The highest BCUT2D eigenvalue weighted by Gasteiger charge is 2.17. The van der Waals surface area contributed by atoms with Gasteiger partial charge in [-0.25, -0.2) is 9.67 Å². The third-order valence-corrected chi connectivity index (χ3v) is 5.26. The van der Waals surface area contributed by atoms with E-state index in [0.29, 0.717) is 13.1 Å². The fourth-order valence-corrected chi connectivity index (χ4v) is 3.38. The highest BCUT2D eigenvalue weighted by atomic mass is 32.1. The Kier molecular flexibility index (Phi) is 5.80. The molecule has 1 amide bonds. The number of amides is 1. The summed E-state index contributed by atoms with van der Waals surface area (Å²) in [5.41, 5.74) is 3.29. The topological polar surface area (TPSA) is 54.3 Å². The number of nitrogens with zero attached hydrogens (tertiary/aromatic N) is 5. The standard InChI is InChI=1S/C19H23N5OS/c1-15(17-4-6-18(7-5-17)24-14-20-13-21-24)22(2)11-19(25)23(3)10-16-8-9-26-12-16/h4-9,12-15H,10-11H2,1-3H3/t15-/m1/s1. The molecule has 7 heteroatoms. The molecule has 0 aliphatic carbocycles. The van der Waals surface area contributed by atoms with Gasteiger partial charge in [-0.15, -0.1) is 0 Å². The summed E-state index contributed by atoms with van der Waals surface area (Å²) in [7, 11) is 3.83. The average molecular weight is 369 g/mol. The van der Waals surface area contributed by atoms with Gasteiger partial charge in [0.05, 0.1) is 12.2 Å². The molecule has 26 heavy (non-hydrogen) atoms. The van der Waals surface area contributed by atoms with Crippen LogP contribution >= 0.6 is 11.3 Å². The molecule has 3 rings (SSSR count). The zero-order valence-electron chi connectivity index (χ0n) is 15.2. The highest BCUT2D eigenvalue weighted by Crippen LogP contribution is 2.20. The van der Waals surface area contributed by atoms with Gasteiger partial charge in [0.25, 0.3) is 0 Å². The van der Waals surface area contributed by atoms with Crippen molar-refractivity contribution in [3.05, 3.63) is 64.9 Å². The van der Waals surface area contributed by atoms with Gasteiger partial charge in [-0.2, -0.15) is 16.4 Å². The highest BCUT2D eigenvalue weighted by molar-refractivity contribution is 7.07. The maximum absolute atomic E-state index is 12.5. The lowest BCUT2D eigenvalue weighted by Crippen LogP contribution is -2.37. The molecule has 3 aromatic rings. The summed E-state index contributed by atoms with van der Waals surface area (Å²) >= 11 is 1.65. The van der Waals surface area contributed by atoms with Gasteiger partial charge < -0.3 is 4.90 Å². The minimum atomic E-state index is 0.116. The number of benzene rings is 1. The minimum absolute atomic E-state index is 0.116. The molecule has 0 aliphatic rings. The van der Waals surface area contributed by atoms with Gasteiger partial charge in [0.2, 0.25) is 5.91 Å². The molecule has 0 fully saturated rings. The maximum atomic E-state index is 12.5. The van der Waals surface area contributed by atoms with E-state index in [4.69, 9.17) is 0 Å². The Hall–Kier alpha value is -2.51. The Morgan fingerprint density at radius 1 is 1.23 bits per heavy atom. The van der Waals surface area contributed by atoms with Crippen LogP contribution in [0.5, 0.6) is 0 Å². The average Bonchev–Trinajstić information content (AvgIpc) is 3.35. The van der Waals surface area contributed by atoms with Crippen LogP contribution in [0.2, 0.25) is 0 Å². The molecule has 0 aliphatic heterocycles. The normalized spacial score (nSPS) is 12.3. The van der Waals surface area contributed by atoms with Crippen molar-refractivity contribution < 1.29 is 4.79 Å². The first-order valence-corrected chi connectivity index (χ1v) is 9.39. The minimum Gasteiger partial charge on any atom is -0.340 e. The number of aromatic nitrogens is 3. The van der Waals surface area contributed by atoms with Gasteiger partial charge in [0.15, 0.2) is 0 Å². The van der Waals surface area contributed by atoms with Gasteiger partial charge in [-0.05, 0) is 54.1 Å². The number of hydrogen-bond acceptors (Lipinski definition) is 5. The summed E-state index contributed by atoms with van der Waals surface area (Å²) < 4.78 is 1.72. The van der Waals surface area contributed by atoms with Crippen LogP contribution < -0.4 is 0 Å². The Morgan fingerprint density at radius 2 is 2.00 bits per heavy atom. The second-order valence-electron chi connectivity index (χ2n) is 6.40. The molecule has 136 valence electrons. The van der Waals surface area contributed by atoms with Gasteiger partial charge >= 0.3 is 0 Å². The second kappa shape index (κ2) is 8.25. The lowest BCUT2D eigenvalue weighted by Gasteiger charge is -2.27. The predicted molar refractivity (Wildman–Crippen MR) is 103 cm³/mol. The van der Waals surface area contributed by atoms with E-state index in [1.807, 2.05) is 31.6 Å².